The summed E-state index contributed by atoms with van der Waals surface area (Å²) < 4.78 is 12.1. The molecule has 4 nitrogen and oxygen atoms in total. The second-order valence-electron chi connectivity index (χ2n) is 8.88. The van der Waals surface area contributed by atoms with Gasteiger partial charge in [0.1, 0.15) is 29.5 Å². The molecule has 4 rings (SSSR count). The molecule has 152 valence electrons. The standard InChI is InChI=1S/C25H28O4/c1-15(2)5-7-18-21(26)9-8-19-23(27)20(14-28-24(18)19)16-6-10-22-17(13-16)11-12-25(3,4)29-22/h5-6,8-10,13,20,26H,7,11-12,14H2,1-4H3. The predicted octanol–water partition coefficient (Wildman–Crippen LogP) is 5.36. The second-order valence-corrected chi connectivity index (χ2v) is 8.88. The number of carbonyl (C=O) groups excluding carboxylic acids is 1. The minimum absolute atomic E-state index is 0.0432. The molecule has 0 bridgehead atoms. The number of fused-ring (bicyclic) bond motifs is 2. The average Bonchev–Trinajstić information content (AvgIpc) is 2.66. The number of benzene rings is 2. The quantitative estimate of drug-likeness (QED) is 0.714. The highest BCUT2D eigenvalue weighted by atomic mass is 16.5. The maximum absolute atomic E-state index is 13.3. The third-order valence-corrected chi connectivity index (χ3v) is 5.80. The van der Waals surface area contributed by atoms with Crippen molar-refractivity contribution in [1.82, 2.24) is 0 Å². The molecule has 0 saturated carbocycles. The summed E-state index contributed by atoms with van der Waals surface area (Å²) in [5, 5.41) is 10.3. The molecule has 0 aliphatic carbocycles. The number of aryl methyl sites for hydroxylation is 1. The Bertz CT molecular complexity index is 996. The monoisotopic (exact) mass is 392 g/mol. The van der Waals surface area contributed by atoms with Crippen molar-refractivity contribution in [3.63, 3.8) is 0 Å². The number of ketones is 1. The normalized spacial score (nSPS) is 19.4. The number of phenols is 1. The van der Waals surface area contributed by atoms with Crippen LogP contribution in [0.15, 0.2) is 42.0 Å². The zero-order valence-corrected chi connectivity index (χ0v) is 17.5. The Hall–Kier alpha value is -2.75. The molecular formula is C25H28O4. The molecule has 0 spiro atoms. The molecule has 2 aliphatic heterocycles. The van der Waals surface area contributed by atoms with E-state index in [1.807, 2.05) is 32.1 Å². The summed E-state index contributed by atoms with van der Waals surface area (Å²) in [4.78, 5) is 13.3. The molecular weight excluding hydrogens is 364 g/mol. The summed E-state index contributed by atoms with van der Waals surface area (Å²) in [5.74, 6) is 1.29. The molecule has 1 atom stereocenters. The van der Waals surface area contributed by atoms with Crippen LogP contribution < -0.4 is 9.47 Å². The fraction of sp³-hybridized carbons (Fsp3) is 0.400. The van der Waals surface area contributed by atoms with Gasteiger partial charge in [0.05, 0.1) is 11.5 Å². The highest BCUT2D eigenvalue weighted by molar-refractivity contribution is 6.04. The van der Waals surface area contributed by atoms with Gasteiger partial charge < -0.3 is 14.6 Å². The Kier molecular flexibility index (Phi) is 4.89. The summed E-state index contributed by atoms with van der Waals surface area (Å²) in [6.45, 7) is 8.50. The summed E-state index contributed by atoms with van der Waals surface area (Å²) in [7, 11) is 0. The van der Waals surface area contributed by atoms with E-state index in [9.17, 15) is 9.90 Å². The maximum Gasteiger partial charge on any atom is 0.177 e. The van der Waals surface area contributed by atoms with Crippen LogP contribution in [0.4, 0.5) is 0 Å². The van der Waals surface area contributed by atoms with Gasteiger partial charge in [0.15, 0.2) is 5.78 Å². The van der Waals surface area contributed by atoms with Crippen molar-refractivity contribution in [2.45, 2.75) is 58.5 Å². The van der Waals surface area contributed by atoms with Crippen LogP contribution in [-0.4, -0.2) is 23.1 Å². The Balaban J connectivity index is 1.65. The lowest BCUT2D eigenvalue weighted by molar-refractivity contribution is 0.0839. The number of allylic oxidation sites excluding steroid dienone is 2. The van der Waals surface area contributed by atoms with Gasteiger partial charge in [0.2, 0.25) is 0 Å². The van der Waals surface area contributed by atoms with Crippen LogP contribution in [0.2, 0.25) is 0 Å². The van der Waals surface area contributed by atoms with E-state index in [0.717, 1.165) is 35.3 Å². The number of ether oxygens (including phenoxy) is 2. The molecule has 0 aromatic heterocycles. The molecule has 1 unspecified atom stereocenters. The lowest BCUT2D eigenvalue weighted by Crippen LogP contribution is -2.33. The molecule has 29 heavy (non-hydrogen) atoms. The topological polar surface area (TPSA) is 55.8 Å². The first kappa shape index (κ1) is 19.6. The van der Waals surface area contributed by atoms with Crippen molar-refractivity contribution in [2.75, 3.05) is 6.61 Å². The molecule has 2 aromatic rings. The van der Waals surface area contributed by atoms with Crippen LogP contribution in [0.25, 0.3) is 0 Å². The molecule has 0 radical (unpaired) electrons. The van der Waals surface area contributed by atoms with E-state index in [-0.39, 0.29) is 29.7 Å². The average molecular weight is 392 g/mol. The van der Waals surface area contributed by atoms with Crippen LogP contribution in [0.5, 0.6) is 17.2 Å². The number of phenolic OH excluding ortho intramolecular Hbond substituents is 1. The van der Waals surface area contributed by atoms with E-state index in [0.29, 0.717) is 23.3 Å². The molecule has 2 heterocycles. The first-order chi connectivity index (χ1) is 13.7. The third kappa shape index (κ3) is 3.76. The van der Waals surface area contributed by atoms with Crippen LogP contribution in [-0.2, 0) is 12.8 Å². The smallest absolute Gasteiger partial charge is 0.177 e. The summed E-state index contributed by atoms with van der Waals surface area (Å²) in [6.07, 6.45) is 4.46. The Labute approximate surface area is 172 Å². The van der Waals surface area contributed by atoms with Gasteiger partial charge >= 0.3 is 0 Å². The van der Waals surface area contributed by atoms with Crippen molar-refractivity contribution in [2.24, 2.45) is 0 Å². The van der Waals surface area contributed by atoms with E-state index in [1.54, 1.807) is 12.1 Å². The van der Waals surface area contributed by atoms with Crippen molar-refractivity contribution in [1.29, 1.82) is 0 Å². The zero-order chi connectivity index (χ0) is 20.8. The lowest BCUT2D eigenvalue weighted by Gasteiger charge is -2.33. The number of hydrogen-bond donors (Lipinski definition) is 1. The van der Waals surface area contributed by atoms with E-state index < -0.39 is 0 Å². The molecule has 2 aromatic carbocycles. The van der Waals surface area contributed by atoms with Gasteiger partial charge in [-0.1, -0.05) is 23.8 Å². The van der Waals surface area contributed by atoms with Crippen molar-refractivity contribution in [3.05, 3.63) is 64.2 Å². The van der Waals surface area contributed by atoms with E-state index in [4.69, 9.17) is 9.47 Å². The maximum atomic E-state index is 13.3. The van der Waals surface area contributed by atoms with Crippen molar-refractivity contribution >= 4 is 5.78 Å². The minimum atomic E-state index is -0.344. The Morgan fingerprint density at radius 1 is 1.24 bits per heavy atom. The highest BCUT2D eigenvalue weighted by Crippen LogP contribution is 2.41. The highest BCUT2D eigenvalue weighted by Gasteiger charge is 2.34. The lowest BCUT2D eigenvalue weighted by atomic mass is 9.85. The fourth-order valence-electron chi connectivity index (χ4n) is 4.05. The summed E-state index contributed by atoms with van der Waals surface area (Å²) in [5.41, 5.74) is 4.34. The fourth-order valence-corrected chi connectivity index (χ4v) is 4.05. The molecule has 1 N–H and O–H groups in total. The van der Waals surface area contributed by atoms with E-state index in [2.05, 4.69) is 19.9 Å². The van der Waals surface area contributed by atoms with Crippen molar-refractivity contribution in [3.8, 4) is 17.2 Å². The van der Waals surface area contributed by atoms with Gasteiger partial charge in [0, 0.05) is 5.56 Å². The number of hydrogen-bond acceptors (Lipinski definition) is 4. The molecule has 0 fully saturated rings. The largest absolute Gasteiger partial charge is 0.508 e. The minimum Gasteiger partial charge on any atom is -0.508 e. The van der Waals surface area contributed by atoms with Crippen LogP contribution in [0.3, 0.4) is 0 Å². The summed E-state index contributed by atoms with van der Waals surface area (Å²) >= 11 is 0. The van der Waals surface area contributed by atoms with Crippen LogP contribution >= 0.6 is 0 Å². The first-order valence-electron chi connectivity index (χ1n) is 10.2. The Morgan fingerprint density at radius 3 is 2.79 bits per heavy atom. The SMILES string of the molecule is CC(C)=CCc1c(O)ccc2c1OCC(c1ccc3c(c1)CCC(C)(C)O3)C2=O. The molecule has 0 amide bonds. The van der Waals surface area contributed by atoms with Gasteiger partial charge in [-0.15, -0.1) is 0 Å². The number of Topliss-reactive ketones (excluding diaryl/α,β-unsaturated/α-hetero) is 1. The molecule has 2 aliphatic rings. The van der Waals surface area contributed by atoms with Gasteiger partial charge in [-0.3, -0.25) is 4.79 Å². The molecule has 4 heteroatoms. The third-order valence-electron chi connectivity index (χ3n) is 5.80. The van der Waals surface area contributed by atoms with Gasteiger partial charge in [-0.05, 0) is 76.3 Å². The number of rotatable bonds is 3. The van der Waals surface area contributed by atoms with Gasteiger partial charge in [-0.25, -0.2) is 0 Å². The van der Waals surface area contributed by atoms with Crippen LogP contribution in [0, 0.1) is 0 Å². The zero-order valence-electron chi connectivity index (χ0n) is 17.5. The van der Waals surface area contributed by atoms with Gasteiger partial charge in [0.25, 0.3) is 0 Å². The van der Waals surface area contributed by atoms with Crippen molar-refractivity contribution < 1.29 is 19.4 Å². The first-order valence-corrected chi connectivity index (χ1v) is 10.2. The molecule has 0 saturated heterocycles. The van der Waals surface area contributed by atoms with Gasteiger partial charge in [-0.2, -0.15) is 0 Å². The van der Waals surface area contributed by atoms with Crippen LogP contribution in [0.1, 0.15) is 67.1 Å². The van der Waals surface area contributed by atoms with E-state index in [1.165, 1.54) is 0 Å². The second kappa shape index (κ2) is 7.25. The number of aromatic hydroxyl groups is 1. The number of carbonyl (C=O) groups is 1. The Morgan fingerprint density at radius 2 is 2.03 bits per heavy atom. The predicted molar refractivity (Wildman–Crippen MR) is 113 cm³/mol. The summed E-state index contributed by atoms with van der Waals surface area (Å²) in [6, 6.07) is 9.31. The van der Waals surface area contributed by atoms with E-state index >= 15 is 0 Å².